The molecule has 1 aromatic rings. The number of amides is 1. The van der Waals surface area contributed by atoms with Crippen LogP contribution in [0.2, 0.25) is 0 Å². The first-order valence-electron chi connectivity index (χ1n) is 7.36. The zero-order chi connectivity index (χ0) is 15.8. The molecule has 0 bridgehead atoms. The molecule has 120 valence electrons. The molecule has 1 amide bonds. The Morgan fingerprint density at radius 3 is 2.86 bits per heavy atom. The van der Waals surface area contributed by atoms with Crippen molar-refractivity contribution in [1.82, 2.24) is 10.2 Å². The summed E-state index contributed by atoms with van der Waals surface area (Å²) in [6, 6.07) is 3.13. The van der Waals surface area contributed by atoms with E-state index in [2.05, 4.69) is 10.2 Å². The van der Waals surface area contributed by atoms with Gasteiger partial charge in [-0.3, -0.25) is 9.69 Å². The fourth-order valence-electron chi connectivity index (χ4n) is 2.21. The predicted octanol–water partition coefficient (Wildman–Crippen LogP) is 1.82. The lowest BCUT2D eigenvalue weighted by atomic mass is 10.2. The number of rotatable bonds is 6. The normalized spacial score (nSPS) is 16.1. The lowest BCUT2D eigenvalue weighted by Gasteiger charge is -2.26. The van der Waals surface area contributed by atoms with Gasteiger partial charge in [-0.2, -0.15) is 0 Å². The van der Waals surface area contributed by atoms with Gasteiger partial charge >= 0.3 is 0 Å². The number of nitrogens with zero attached hydrogens (tertiary/aromatic N) is 1. The number of carbonyl (C=O) groups is 1. The average molecular weight is 310 g/mol. The summed E-state index contributed by atoms with van der Waals surface area (Å²) in [6.07, 6.45) is 3.33. The molecule has 0 atom stereocenters. The second kappa shape index (κ2) is 8.60. The second-order valence-corrected chi connectivity index (χ2v) is 5.10. The Morgan fingerprint density at radius 1 is 1.32 bits per heavy atom. The minimum Gasteiger partial charge on any atom is -0.379 e. The Morgan fingerprint density at radius 2 is 2.09 bits per heavy atom. The van der Waals surface area contributed by atoms with Crippen molar-refractivity contribution in [3.05, 3.63) is 41.5 Å². The molecule has 1 N–H and O–H groups in total. The van der Waals surface area contributed by atoms with Gasteiger partial charge in [-0.05, 0) is 37.2 Å². The number of carbonyl (C=O) groups excluding carboxylic acids is 1. The summed E-state index contributed by atoms with van der Waals surface area (Å²) in [5.41, 5.74) is 0.0588. The summed E-state index contributed by atoms with van der Waals surface area (Å²) in [5, 5.41) is 2.73. The topological polar surface area (TPSA) is 41.6 Å². The van der Waals surface area contributed by atoms with Crippen LogP contribution in [0.15, 0.2) is 24.3 Å². The Balaban J connectivity index is 1.68. The van der Waals surface area contributed by atoms with Gasteiger partial charge in [0.2, 0.25) is 5.91 Å². The molecule has 6 heteroatoms. The third-order valence-corrected chi connectivity index (χ3v) is 3.43. The molecule has 1 fully saturated rings. The molecule has 2 rings (SSSR count). The number of nitrogens with one attached hydrogen (secondary N) is 1. The molecule has 1 aromatic carbocycles. The fraction of sp³-hybridized carbons (Fsp3) is 0.438. The van der Waals surface area contributed by atoms with Gasteiger partial charge in [0.05, 0.1) is 13.2 Å². The van der Waals surface area contributed by atoms with Crippen LogP contribution < -0.4 is 5.32 Å². The lowest BCUT2D eigenvalue weighted by Crippen LogP contribution is -2.38. The first-order chi connectivity index (χ1) is 10.6. The molecule has 4 nitrogen and oxygen atoms in total. The minimum absolute atomic E-state index is 0.0588. The number of benzene rings is 1. The van der Waals surface area contributed by atoms with Crippen molar-refractivity contribution in [3.8, 4) is 0 Å². The number of hydrogen-bond donors (Lipinski definition) is 1. The fourth-order valence-corrected chi connectivity index (χ4v) is 2.21. The first-order valence-corrected chi connectivity index (χ1v) is 7.36. The van der Waals surface area contributed by atoms with Crippen LogP contribution in [-0.2, 0) is 9.53 Å². The Kier molecular flexibility index (Phi) is 6.48. The maximum Gasteiger partial charge on any atom is 0.244 e. The van der Waals surface area contributed by atoms with Crippen LogP contribution in [-0.4, -0.2) is 50.2 Å². The van der Waals surface area contributed by atoms with E-state index < -0.39 is 11.6 Å². The minimum atomic E-state index is -0.558. The van der Waals surface area contributed by atoms with Crippen molar-refractivity contribution in [2.75, 3.05) is 39.4 Å². The molecule has 0 spiro atoms. The summed E-state index contributed by atoms with van der Waals surface area (Å²) in [5.74, 6) is -1.41. The van der Waals surface area contributed by atoms with Crippen LogP contribution in [0, 0.1) is 11.6 Å². The number of ether oxygens (including phenoxy) is 1. The second-order valence-electron chi connectivity index (χ2n) is 5.10. The summed E-state index contributed by atoms with van der Waals surface area (Å²) >= 11 is 0. The van der Waals surface area contributed by atoms with Gasteiger partial charge < -0.3 is 10.1 Å². The van der Waals surface area contributed by atoms with Crippen LogP contribution in [0.4, 0.5) is 8.78 Å². The maximum atomic E-state index is 13.4. The molecule has 0 aliphatic carbocycles. The largest absolute Gasteiger partial charge is 0.379 e. The summed E-state index contributed by atoms with van der Waals surface area (Å²) < 4.78 is 31.6. The van der Waals surface area contributed by atoms with Crippen molar-refractivity contribution in [2.45, 2.75) is 6.42 Å². The van der Waals surface area contributed by atoms with Gasteiger partial charge in [-0.1, -0.05) is 0 Å². The van der Waals surface area contributed by atoms with Crippen molar-refractivity contribution in [2.24, 2.45) is 0 Å². The molecule has 22 heavy (non-hydrogen) atoms. The van der Waals surface area contributed by atoms with E-state index in [1.54, 1.807) is 0 Å². The van der Waals surface area contributed by atoms with E-state index in [-0.39, 0.29) is 11.5 Å². The van der Waals surface area contributed by atoms with Gasteiger partial charge in [0, 0.05) is 31.3 Å². The average Bonchev–Trinajstić information content (AvgIpc) is 2.53. The van der Waals surface area contributed by atoms with E-state index in [9.17, 15) is 13.6 Å². The zero-order valence-corrected chi connectivity index (χ0v) is 12.4. The SMILES string of the molecule is O=C(C=Cc1cc(F)ccc1F)NCCCN1CCOCC1. The Hall–Kier alpha value is -1.79. The quantitative estimate of drug-likeness (QED) is 0.644. The molecule has 1 aliphatic rings. The lowest BCUT2D eigenvalue weighted by molar-refractivity contribution is -0.116. The highest BCUT2D eigenvalue weighted by atomic mass is 19.1. The predicted molar refractivity (Wildman–Crippen MR) is 80.3 cm³/mol. The van der Waals surface area contributed by atoms with Crippen LogP contribution in [0.3, 0.4) is 0 Å². The molecule has 1 heterocycles. The van der Waals surface area contributed by atoms with Gasteiger partial charge in [0.15, 0.2) is 0 Å². The van der Waals surface area contributed by atoms with Crippen LogP contribution in [0.1, 0.15) is 12.0 Å². The van der Waals surface area contributed by atoms with Gasteiger partial charge in [-0.15, -0.1) is 0 Å². The van der Waals surface area contributed by atoms with Gasteiger partial charge in [0.25, 0.3) is 0 Å². The van der Waals surface area contributed by atoms with Crippen LogP contribution >= 0.6 is 0 Å². The van der Waals surface area contributed by atoms with Gasteiger partial charge in [0.1, 0.15) is 11.6 Å². The molecule has 1 saturated heterocycles. The molecule has 0 radical (unpaired) electrons. The van der Waals surface area contributed by atoms with E-state index in [0.717, 1.165) is 57.5 Å². The maximum absolute atomic E-state index is 13.4. The smallest absolute Gasteiger partial charge is 0.244 e. The summed E-state index contributed by atoms with van der Waals surface area (Å²) in [4.78, 5) is 13.9. The standard InChI is InChI=1S/C16H20F2N2O2/c17-14-3-4-15(18)13(12-14)2-5-16(21)19-6-1-7-20-8-10-22-11-9-20/h2-5,12H,1,6-11H2,(H,19,21). The molecular formula is C16H20F2N2O2. The van der Waals surface area contributed by atoms with Crippen molar-refractivity contribution < 1.29 is 18.3 Å². The van der Waals surface area contributed by atoms with Crippen LogP contribution in [0.5, 0.6) is 0 Å². The van der Waals surface area contributed by atoms with Gasteiger partial charge in [-0.25, -0.2) is 8.78 Å². The summed E-state index contributed by atoms with van der Waals surface area (Å²) in [6.45, 7) is 4.82. The molecule has 0 aromatic heterocycles. The van der Waals surface area contributed by atoms with E-state index in [0.29, 0.717) is 6.54 Å². The van der Waals surface area contributed by atoms with Crippen molar-refractivity contribution >= 4 is 12.0 Å². The highest BCUT2D eigenvalue weighted by Gasteiger charge is 2.09. The molecular weight excluding hydrogens is 290 g/mol. The third kappa shape index (κ3) is 5.54. The highest BCUT2D eigenvalue weighted by Crippen LogP contribution is 2.11. The zero-order valence-electron chi connectivity index (χ0n) is 12.4. The Labute approximate surface area is 128 Å². The van der Waals surface area contributed by atoms with E-state index >= 15 is 0 Å². The number of halogens is 2. The summed E-state index contributed by atoms with van der Waals surface area (Å²) in [7, 11) is 0. The van der Waals surface area contributed by atoms with E-state index in [1.807, 2.05) is 0 Å². The molecule has 0 unspecified atom stereocenters. The van der Waals surface area contributed by atoms with Crippen LogP contribution in [0.25, 0.3) is 6.08 Å². The molecule has 0 saturated carbocycles. The number of morpholine rings is 1. The van der Waals surface area contributed by atoms with Crippen molar-refractivity contribution in [3.63, 3.8) is 0 Å². The number of hydrogen-bond acceptors (Lipinski definition) is 3. The van der Waals surface area contributed by atoms with E-state index in [1.165, 1.54) is 12.2 Å². The molecule has 1 aliphatic heterocycles. The first kappa shape index (κ1) is 16.6. The Bertz CT molecular complexity index is 529. The van der Waals surface area contributed by atoms with Crippen molar-refractivity contribution in [1.29, 1.82) is 0 Å². The highest BCUT2D eigenvalue weighted by molar-refractivity contribution is 5.91. The van der Waals surface area contributed by atoms with E-state index in [4.69, 9.17) is 4.74 Å². The third-order valence-electron chi connectivity index (χ3n) is 3.43. The monoisotopic (exact) mass is 310 g/mol.